The highest BCUT2D eigenvalue weighted by Gasteiger charge is 2.30. The Balaban J connectivity index is 2.28. The third-order valence-corrected chi connectivity index (χ3v) is 2.80. The van der Waals surface area contributed by atoms with Gasteiger partial charge in [-0.1, -0.05) is 0 Å². The molecule has 6 nitrogen and oxygen atoms in total. The van der Waals surface area contributed by atoms with Gasteiger partial charge in [0.2, 0.25) is 0 Å². The van der Waals surface area contributed by atoms with Gasteiger partial charge in [-0.2, -0.15) is 13.2 Å². The van der Waals surface area contributed by atoms with Crippen molar-refractivity contribution >= 4 is 11.7 Å². The van der Waals surface area contributed by atoms with E-state index in [1.165, 1.54) is 0 Å². The number of alkyl halides is 3. The normalized spacial score (nSPS) is 11.1. The van der Waals surface area contributed by atoms with Crippen LogP contribution in [0.25, 0.3) is 0 Å². The minimum absolute atomic E-state index is 0.0103. The maximum atomic E-state index is 12.4. The summed E-state index contributed by atoms with van der Waals surface area (Å²) in [5, 5.41) is 21.6. The van der Waals surface area contributed by atoms with Crippen LogP contribution >= 0.6 is 0 Å². The van der Waals surface area contributed by atoms with E-state index in [4.69, 9.17) is 4.74 Å². The Kier molecular flexibility index (Phi) is 4.21. The molecular formula is C14H7F3NO5-. The van der Waals surface area contributed by atoms with Crippen molar-refractivity contribution in [2.75, 3.05) is 0 Å². The third kappa shape index (κ3) is 3.76. The van der Waals surface area contributed by atoms with Crippen LogP contribution in [0.5, 0.6) is 11.5 Å². The van der Waals surface area contributed by atoms with E-state index < -0.39 is 33.9 Å². The molecule has 0 atom stereocenters. The number of carbonyl (C=O) groups is 1. The van der Waals surface area contributed by atoms with Crippen molar-refractivity contribution in [2.45, 2.75) is 6.18 Å². The number of benzene rings is 2. The average Bonchev–Trinajstić information content (AvgIpc) is 2.46. The van der Waals surface area contributed by atoms with Crippen molar-refractivity contribution in [1.82, 2.24) is 0 Å². The second kappa shape index (κ2) is 5.95. The van der Waals surface area contributed by atoms with Gasteiger partial charge in [0, 0.05) is 6.07 Å². The lowest BCUT2D eigenvalue weighted by Gasteiger charge is -2.10. The summed E-state index contributed by atoms with van der Waals surface area (Å²) in [6.07, 6.45) is -4.49. The molecule has 0 fully saturated rings. The minimum atomic E-state index is -4.49. The number of hydrogen-bond acceptors (Lipinski definition) is 5. The first-order valence-electron chi connectivity index (χ1n) is 6.03. The van der Waals surface area contributed by atoms with Gasteiger partial charge in [0.25, 0.3) is 5.69 Å². The molecule has 9 heteroatoms. The molecule has 0 radical (unpaired) electrons. The number of rotatable bonds is 4. The number of carboxylic acids is 1. The van der Waals surface area contributed by atoms with E-state index in [2.05, 4.69) is 0 Å². The highest BCUT2D eigenvalue weighted by molar-refractivity contribution is 5.91. The second-order valence-corrected chi connectivity index (χ2v) is 4.35. The lowest BCUT2D eigenvalue weighted by atomic mass is 10.1. The summed E-state index contributed by atoms with van der Waals surface area (Å²) in [5.74, 6) is -1.85. The zero-order valence-electron chi connectivity index (χ0n) is 11.2. The van der Waals surface area contributed by atoms with Gasteiger partial charge in [0.1, 0.15) is 11.5 Å². The largest absolute Gasteiger partial charge is 0.545 e. The molecule has 0 aromatic heterocycles. The number of nitro benzene ring substituents is 1. The van der Waals surface area contributed by atoms with Crippen LogP contribution in [-0.4, -0.2) is 10.9 Å². The molecule has 0 heterocycles. The second-order valence-electron chi connectivity index (χ2n) is 4.35. The molecule has 2 rings (SSSR count). The van der Waals surface area contributed by atoms with Crippen LogP contribution in [0.3, 0.4) is 0 Å². The van der Waals surface area contributed by atoms with E-state index in [1.807, 2.05) is 0 Å². The molecular weight excluding hydrogens is 319 g/mol. The molecule has 0 bridgehead atoms. The van der Waals surface area contributed by atoms with Crippen LogP contribution in [0.4, 0.5) is 18.9 Å². The van der Waals surface area contributed by atoms with E-state index in [1.54, 1.807) is 0 Å². The molecule has 23 heavy (non-hydrogen) atoms. The smallest absolute Gasteiger partial charge is 0.416 e. The fourth-order valence-electron chi connectivity index (χ4n) is 1.75. The Morgan fingerprint density at radius 2 is 1.61 bits per heavy atom. The molecule has 0 spiro atoms. The summed E-state index contributed by atoms with van der Waals surface area (Å²) in [6.45, 7) is 0. The summed E-state index contributed by atoms with van der Waals surface area (Å²) in [4.78, 5) is 20.7. The predicted octanol–water partition coefficient (Wildman–Crippen LogP) is 2.77. The number of carboxylic acid groups (broad SMARTS) is 1. The van der Waals surface area contributed by atoms with Gasteiger partial charge < -0.3 is 14.6 Å². The van der Waals surface area contributed by atoms with E-state index in [0.717, 1.165) is 42.5 Å². The molecule has 2 aromatic carbocycles. The molecule has 0 aliphatic heterocycles. The van der Waals surface area contributed by atoms with Gasteiger partial charge in [-0.15, -0.1) is 0 Å². The monoisotopic (exact) mass is 326 g/mol. The first-order valence-corrected chi connectivity index (χ1v) is 6.03. The minimum Gasteiger partial charge on any atom is -0.545 e. The van der Waals surface area contributed by atoms with Crippen molar-refractivity contribution in [2.24, 2.45) is 0 Å². The Morgan fingerprint density at radius 1 is 1.04 bits per heavy atom. The molecule has 0 saturated carbocycles. The van der Waals surface area contributed by atoms with E-state index >= 15 is 0 Å². The number of halogens is 3. The predicted molar refractivity (Wildman–Crippen MR) is 68.9 cm³/mol. The molecule has 0 saturated heterocycles. The fourth-order valence-corrected chi connectivity index (χ4v) is 1.75. The van der Waals surface area contributed by atoms with E-state index in [-0.39, 0.29) is 11.5 Å². The topological polar surface area (TPSA) is 92.5 Å². The molecule has 2 aromatic rings. The van der Waals surface area contributed by atoms with Crippen LogP contribution in [0, 0.1) is 10.1 Å². The van der Waals surface area contributed by atoms with Crippen LogP contribution in [0.15, 0.2) is 42.5 Å². The number of aromatic carboxylic acids is 1. The first kappa shape index (κ1) is 16.3. The zero-order chi connectivity index (χ0) is 17.2. The summed E-state index contributed by atoms with van der Waals surface area (Å²) < 4.78 is 42.5. The summed E-state index contributed by atoms with van der Waals surface area (Å²) in [5.41, 5.74) is -2.24. The third-order valence-electron chi connectivity index (χ3n) is 2.80. The standard InChI is InChI=1S/C14H8F3NO5/c15-14(16,17)8-1-3-9(4-2-8)23-10-5-6-12(18(21)22)11(7-10)13(19)20/h1-7H,(H,19,20)/p-1. The van der Waals surface area contributed by atoms with Crippen LogP contribution in [0.2, 0.25) is 0 Å². The Labute approximate surface area is 126 Å². The lowest BCUT2D eigenvalue weighted by Crippen LogP contribution is -2.23. The fraction of sp³-hybridized carbons (Fsp3) is 0.0714. The number of hydrogen-bond donors (Lipinski definition) is 0. The summed E-state index contributed by atoms with van der Waals surface area (Å²) in [7, 11) is 0. The molecule has 120 valence electrons. The van der Waals surface area contributed by atoms with Gasteiger partial charge in [-0.25, -0.2) is 0 Å². The van der Waals surface area contributed by atoms with Crippen molar-refractivity contribution < 1.29 is 32.7 Å². The van der Waals surface area contributed by atoms with Gasteiger partial charge in [0.05, 0.1) is 22.0 Å². The molecule has 0 N–H and O–H groups in total. The Morgan fingerprint density at radius 3 is 2.09 bits per heavy atom. The van der Waals surface area contributed by atoms with Crippen LogP contribution in [-0.2, 0) is 6.18 Å². The Hall–Kier alpha value is -3.10. The first-order chi connectivity index (χ1) is 10.7. The van der Waals surface area contributed by atoms with Crippen LogP contribution in [0.1, 0.15) is 15.9 Å². The van der Waals surface area contributed by atoms with Gasteiger partial charge in [-0.3, -0.25) is 10.1 Å². The quantitative estimate of drug-likeness (QED) is 0.636. The van der Waals surface area contributed by atoms with E-state index in [0.29, 0.717) is 0 Å². The van der Waals surface area contributed by atoms with Crippen LogP contribution < -0.4 is 9.84 Å². The number of ether oxygens (including phenoxy) is 1. The van der Waals surface area contributed by atoms with Crippen molar-refractivity contribution in [3.05, 3.63) is 63.7 Å². The van der Waals surface area contributed by atoms with Gasteiger partial charge in [0.15, 0.2) is 0 Å². The summed E-state index contributed by atoms with van der Waals surface area (Å²) >= 11 is 0. The molecule has 0 aliphatic carbocycles. The molecule has 0 unspecified atom stereocenters. The molecule has 0 amide bonds. The SMILES string of the molecule is O=C([O-])c1cc(Oc2ccc(C(F)(F)F)cc2)ccc1[N+](=O)[O-]. The number of carbonyl (C=O) groups excluding carboxylic acids is 1. The number of nitro groups is 1. The highest BCUT2D eigenvalue weighted by Crippen LogP contribution is 2.32. The summed E-state index contributed by atoms with van der Waals surface area (Å²) in [6, 6.07) is 6.57. The van der Waals surface area contributed by atoms with E-state index in [9.17, 15) is 33.2 Å². The zero-order valence-corrected chi connectivity index (χ0v) is 11.2. The average molecular weight is 326 g/mol. The van der Waals surface area contributed by atoms with Crippen molar-refractivity contribution in [3.8, 4) is 11.5 Å². The number of nitrogens with zero attached hydrogens (tertiary/aromatic N) is 1. The van der Waals surface area contributed by atoms with Gasteiger partial charge in [-0.05, 0) is 36.4 Å². The van der Waals surface area contributed by atoms with Crippen molar-refractivity contribution in [1.29, 1.82) is 0 Å². The molecule has 0 aliphatic rings. The lowest BCUT2D eigenvalue weighted by molar-refractivity contribution is -0.385. The van der Waals surface area contributed by atoms with Crippen molar-refractivity contribution in [3.63, 3.8) is 0 Å². The maximum absolute atomic E-state index is 12.4. The van der Waals surface area contributed by atoms with Gasteiger partial charge >= 0.3 is 6.18 Å². The maximum Gasteiger partial charge on any atom is 0.416 e. The highest BCUT2D eigenvalue weighted by atomic mass is 19.4. The Bertz CT molecular complexity index is 756.